The van der Waals surface area contributed by atoms with Gasteiger partial charge in [-0.25, -0.2) is 0 Å². The molecule has 1 atom stereocenters. The van der Waals surface area contributed by atoms with Crippen molar-refractivity contribution in [3.63, 3.8) is 0 Å². The molecule has 0 rings (SSSR count). The van der Waals surface area contributed by atoms with Crippen LogP contribution in [0.3, 0.4) is 0 Å². The van der Waals surface area contributed by atoms with Gasteiger partial charge in [-0.05, 0) is 16.1 Å². The molecule has 0 bridgehead atoms. The monoisotopic (exact) mass is 203 g/mol. The first-order valence-electron chi connectivity index (χ1n) is 1.79. The molecular weight excluding hydrogens is 196 g/mol. The summed E-state index contributed by atoms with van der Waals surface area (Å²) in [6.07, 6.45) is 1.31. The predicted octanol–water partition coefficient (Wildman–Crippen LogP) is 1.14. The average molecular weight is 203 g/mol. The smallest absolute Gasteiger partial charge is 0 e. The van der Waals surface area contributed by atoms with E-state index in [2.05, 4.69) is 14.0 Å². The van der Waals surface area contributed by atoms with Crippen molar-refractivity contribution in [1.29, 1.82) is 0 Å². The van der Waals surface area contributed by atoms with E-state index in [9.17, 15) is 0 Å². The fourth-order valence-corrected chi connectivity index (χ4v) is 0.337. The molecule has 8 heavy (non-hydrogen) atoms. The Bertz CT molecular complexity index is 82.5. The van der Waals surface area contributed by atoms with Crippen molar-refractivity contribution in [1.82, 2.24) is 0 Å². The standard InChI is InChI=1S/C5H7OP.Y/c1-3-5(2)4-6-7;/h1-3H,4,7H2;/q-2;. The second kappa shape index (κ2) is 7.97. The van der Waals surface area contributed by atoms with Crippen LogP contribution in [-0.2, 0) is 37.2 Å². The molecule has 0 amide bonds. The van der Waals surface area contributed by atoms with Crippen LogP contribution in [0, 0.1) is 13.2 Å². The Hall–Kier alpha value is 0.974. The molecule has 0 aliphatic carbocycles. The van der Waals surface area contributed by atoms with Crippen LogP contribution in [0.1, 0.15) is 0 Å². The molecule has 0 spiro atoms. The van der Waals surface area contributed by atoms with Crippen LogP contribution in [0.15, 0.2) is 11.6 Å². The summed E-state index contributed by atoms with van der Waals surface area (Å²) in [6.45, 7) is 10.5. The van der Waals surface area contributed by atoms with Crippen molar-refractivity contribution in [3.8, 4) is 0 Å². The molecule has 43 valence electrons. The number of hydrogen-bond donors (Lipinski definition) is 0. The molecule has 1 unspecified atom stereocenters. The van der Waals surface area contributed by atoms with E-state index in [0.29, 0.717) is 12.2 Å². The van der Waals surface area contributed by atoms with Crippen molar-refractivity contribution in [2.75, 3.05) is 6.61 Å². The van der Waals surface area contributed by atoms with Gasteiger partial charge in [0.2, 0.25) is 0 Å². The van der Waals surface area contributed by atoms with E-state index in [0.717, 1.165) is 0 Å². The Morgan fingerprint density at radius 2 is 2.25 bits per heavy atom. The second-order valence-corrected chi connectivity index (χ2v) is 1.39. The minimum atomic E-state index is 0. The summed E-state index contributed by atoms with van der Waals surface area (Å²) >= 11 is 0. The van der Waals surface area contributed by atoms with Gasteiger partial charge < -0.3 is 29.3 Å². The molecule has 1 radical (unpaired) electrons. The Morgan fingerprint density at radius 3 is 2.38 bits per heavy atom. The van der Waals surface area contributed by atoms with Gasteiger partial charge in [0.05, 0.1) is 0 Å². The maximum absolute atomic E-state index is 5.18. The summed E-state index contributed by atoms with van der Waals surface area (Å²) < 4.78 is 4.54. The van der Waals surface area contributed by atoms with Gasteiger partial charge in [-0.2, -0.15) is 0 Å². The van der Waals surface area contributed by atoms with Gasteiger partial charge in [-0.1, -0.05) is 0 Å². The van der Waals surface area contributed by atoms with E-state index in [4.69, 9.17) is 13.2 Å². The zero-order valence-electron chi connectivity index (χ0n) is 4.50. The van der Waals surface area contributed by atoms with Gasteiger partial charge >= 0.3 is 0 Å². The Morgan fingerprint density at radius 1 is 1.75 bits per heavy atom. The van der Waals surface area contributed by atoms with Crippen molar-refractivity contribution in [3.05, 3.63) is 24.8 Å². The largest absolute Gasteiger partial charge is 0.394 e. The quantitative estimate of drug-likeness (QED) is 0.379. The Kier molecular flexibility index (Phi) is 11.7. The Labute approximate surface area is 77.7 Å². The Balaban J connectivity index is 0. The summed E-state index contributed by atoms with van der Waals surface area (Å²) in [6, 6.07) is 0. The molecule has 3 heteroatoms. The summed E-state index contributed by atoms with van der Waals surface area (Å²) in [5, 5.41) is 0. The average Bonchev–Trinajstić information content (AvgIpc) is 1.68. The summed E-state index contributed by atoms with van der Waals surface area (Å²) in [5.74, 6) is 0. The van der Waals surface area contributed by atoms with Crippen LogP contribution in [0.2, 0.25) is 0 Å². The van der Waals surface area contributed by atoms with Crippen molar-refractivity contribution in [2.45, 2.75) is 0 Å². The molecule has 0 saturated carbocycles. The van der Waals surface area contributed by atoms with E-state index in [-0.39, 0.29) is 32.7 Å². The van der Waals surface area contributed by atoms with Crippen LogP contribution < -0.4 is 0 Å². The number of rotatable bonds is 3. The first-order valence-corrected chi connectivity index (χ1v) is 2.26. The molecule has 0 aliphatic heterocycles. The van der Waals surface area contributed by atoms with Crippen LogP contribution in [0.25, 0.3) is 0 Å². The normalized spacial score (nSPS) is 7.12. The summed E-state index contributed by atoms with van der Waals surface area (Å²) in [4.78, 5) is 0. The molecule has 0 aromatic rings. The van der Waals surface area contributed by atoms with Gasteiger partial charge in [-0.15, -0.1) is 0 Å². The maximum Gasteiger partial charge on any atom is 0 e. The van der Waals surface area contributed by atoms with Crippen LogP contribution in [0.4, 0.5) is 0 Å². The molecule has 0 fully saturated rings. The van der Waals surface area contributed by atoms with Crippen molar-refractivity contribution >= 4 is 9.47 Å². The maximum atomic E-state index is 5.18. The van der Waals surface area contributed by atoms with Gasteiger partial charge in [0.25, 0.3) is 0 Å². The van der Waals surface area contributed by atoms with Gasteiger partial charge in [0, 0.05) is 32.7 Å². The van der Waals surface area contributed by atoms with Crippen LogP contribution in [-0.4, -0.2) is 6.61 Å². The molecule has 0 saturated heterocycles. The SMILES string of the molecule is [CH-]=CC(=[CH-])COP.[Y]. The minimum absolute atomic E-state index is 0. The van der Waals surface area contributed by atoms with E-state index in [1.54, 1.807) is 0 Å². The second-order valence-electron chi connectivity index (χ2n) is 1.05. The topological polar surface area (TPSA) is 9.23 Å². The van der Waals surface area contributed by atoms with Crippen LogP contribution in [0.5, 0.6) is 0 Å². The predicted molar refractivity (Wildman–Crippen MR) is 32.3 cm³/mol. The summed E-state index contributed by atoms with van der Waals surface area (Å²) in [7, 11) is 2.08. The van der Waals surface area contributed by atoms with Gasteiger partial charge in [0.1, 0.15) is 0 Å². The van der Waals surface area contributed by atoms with E-state index in [1.165, 1.54) is 6.08 Å². The van der Waals surface area contributed by atoms with Gasteiger partial charge in [0.15, 0.2) is 0 Å². The van der Waals surface area contributed by atoms with Gasteiger partial charge in [-0.3, -0.25) is 0 Å². The molecule has 0 N–H and O–H groups in total. The van der Waals surface area contributed by atoms with Crippen molar-refractivity contribution in [2.24, 2.45) is 0 Å². The summed E-state index contributed by atoms with van der Waals surface area (Å²) in [5.41, 5.74) is 0.537. The van der Waals surface area contributed by atoms with Crippen molar-refractivity contribution < 1.29 is 37.2 Å². The minimum Gasteiger partial charge on any atom is -0.394 e. The third-order valence-corrected chi connectivity index (χ3v) is 0.631. The molecule has 1 nitrogen and oxygen atoms in total. The third kappa shape index (κ3) is 6.97. The zero-order valence-corrected chi connectivity index (χ0v) is 8.50. The molecule has 0 aromatic heterocycles. The fraction of sp³-hybridized carbons (Fsp3) is 0.200. The fourth-order valence-electron chi connectivity index (χ4n) is 0.144. The first kappa shape index (κ1) is 11.7. The first-order chi connectivity index (χ1) is 3.31. The van der Waals surface area contributed by atoms with E-state index < -0.39 is 0 Å². The third-order valence-electron chi connectivity index (χ3n) is 0.464. The number of hydrogen-bond acceptors (Lipinski definition) is 1. The van der Waals surface area contributed by atoms with E-state index in [1.807, 2.05) is 0 Å². The molecular formula is C5H7OPY-2. The van der Waals surface area contributed by atoms with E-state index >= 15 is 0 Å². The molecule has 0 aromatic carbocycles. The molecule has 0 aliphatic rings. The zero-order chi connectivity index (χ0) is 5.70. The molecule has 0 heterocycles. The van der Waals surface area contributed by atoms with Crippen LogP contribution >= 0.6 is 9.47 Å².